The number of nitrogens with one attached hydrogen (secondary N) is 1. The molecule has 1 aromatic rings. The Morgan fingerprint density at radius 3 is 1.81 bits per heavy atom. The van der Waals surface area contributed by atoms with Gasteiger partial charge in [0, 0.05) is 18.3 Å². The normalized spacial score (nSPS) is 20.1. The van der Waals surface area contributed by atoms with Crippen LogP contribution >= 0.6 is 0 Å². The SMILES string of the molecule is CNc1cccc(C2=CC3=NC2=CC2=NC(=CC4=NC(=CC5=NC(=C3)C=C5)C=C4)C=C2)c1. The van der Waals surface area contributed by atoms with E-state index in [4.69, 9.17) is 15.0 Å². The molecule has 0 saturated carbocycles. The third kappa shape index (κ3) is 3.50. The van der Waals surface area contributed by atoms with Crippen LogP contribution in [0.5, 0.6) is 0 Å². The number of fused-ring (bicyclic) bond motifs is 4. The van der Waals surface area contributed by atoms with Gasteiger partial charge in [-0.1, -0.05) is 12.1 Å². The second-order valence-electron chi connectivity index (χ2n) is 7.77. The van der Waals surface area contributed by atoms with Gasteiger partial charge in [-0.2, -0.15) is 0 Å². The number of rotatable bonds is 2. The standard InChI is InChI=1S/C27H19N5/c1-28-18-4-2-3-17(11-18)26-15-25-14-23-8-7-21(30-23)12-19-5-6-20(29-19)13-22-9-10-24(31-22)16-27(26)32-25/h2-16,28H,1H3. The summed E-state index contributed by atoms with van der Waals surface area (Å²) in [6, 6.07) is 8.33. The lowest BCUT2D eigenvalue weighted by molar-refractivity contribution is 1.41. The van der Waals surface area contributed by atoms with Crippen LogP contribution in [-0.4, -0.2) is 29.9 Å². The van der Waals surface area contributed by atoms with Gasteiger partial charge in [0.1, 0.15) is 0 Å². The Labute approximate surface area is 186 Å². The zero-order valence-corrected chi connectivity index (χ0v) is 17.4. The molecule has 5 heterocycles. The van der Waals surface area contributed by atoms with Gasteiger partial charge >= 0.3 is 0 Å². The molecule has 152 valence electrons. The topological polar surface area (TPSA) is 61.5 Å². The van der Waals surface area contributed by atoms with Gasteiger partial charge in [-0.15, -0.1) is 0 Å². The molecule has 0 aliphatic carbocycles. The monoisotopic (exact) mass is 413 g/mol. The first-order chi connectivity index (χ1) is 15.7. The highest BCUT2D eigenvalue weighted by molar-refractivity contribution is 6.19. The number of nitrogens with zero attached hydrogens (tertiary/aromatic N) is 4. The van der Waals surface area contributed by atoms with E-state index in [2.05, 4.69) is 28.5 Å². The van der Waals surface area contributed by atoms with Gasteiger partial charge in [-0.3, -0.25) is 0 Å². The third-order valence-corrected chi connectivity index (χ3v) is 5.50. The molecular formula is C27H19N5. The van der Waals surface area contributed by atoms with Crippen LogP contribution in [0.2, 0.25) is 0 Å². The highest BCUT2D eigenvalue weighted by Gasteiger charge is 2.18. The molecular weight excluding hydrogens is 394 g/mol. The maximum Gasteiger partial charge on any atom is 0.0737 e. The summed E-state index contributed by atoms with van der Waals surface area (Å²) in [7, 11) is 1.92. The molecule has 5 aliphatic rings. The molecule has 5 aliphatic heterocycles. The molecule has 5 nitrogen and oxygen atoms in total. The molecule has 0 spiro atoms. The zero-order chi connectivity index (χ0) is 21.5. The van der Waals surface area contributed by atoms with Crippen molar-refractivity contribution in [3.63, 3.8) is 0 Å². The van der Waals surface area contributed by atoms with Crippen LogP contribution in [0.3, 0.4) is 0 Å². The van der Waals surface area contributed by atoms with Gasteiger partial charge < -0.3 is 5.32 Å². The van der Waals surface area contributed by atoms with E-state index in [1.54, 1.807) is 0 Å². The summed E-state index contributed by atoms with van der Waals surface area (Å²) in [6.07, 6.45) is 22.1. The average molecular weight is 413 g/mol. The van der Waals surface area contributed by atoms with E-state index >= 15 is 0 Å². The van der Waals surface area contributed by atoms with Crippen LogP contribution < -0.4 is 5.32 Å². The van der Waals surface area contributed by atoms with Crippen LogP contribution in [0.15, 0.2) is 134 Å². The minimum absolute atomic E-state index is 0.866. The fraction of sp³-hybridized carbons (Fsp3) is 0.0370. The quantitative estimate of drug-likeness (QED) is 0.716. The molecule has 0 saturated heterocycles. The molecule has 0 fully saturated rings. The van der Waals surface area contributed by atoms with Gasteiger partial charge in [-0.25, -0.2) is 20.0 Å². The van der Waals surface area contributed by atoms with Crippen LogP contribution in [-0.2, 0) is 0 Å². The van der Waals surface area contributed by atoms with Crippen molar-refractivity contribution in [3.8, 4) is 0 Å². The molecule has 1 N–H and O–H groups in total. The smallest absolute Gasteiger partial charge is 0.0737 e. The molecule has 0 atom stereocenters. The Balaban J connectivity index is 1.50. The minimum atomic E-state index is 0.866. The van der Waals surface area contributed by atoms with E-state index < -0.39 is 0 Å². The van der Waals surface area contributed by atoms with E-state index in [0.717, 1.165) is 62.5 Å². The van der Waals surface area contributed by atoms with Crippen molar-refractivity contribution in [2.75, 3.05) is 12.4 Å². The summed E-state index contributed by atoms with van der Waals surface area (Å²) in [6.45, 7) is 0. The Morgan fingerprint density at radius 2 is 1.19 bits per heavy atom. The predicted molar refractivity (Wildman–Crippen MR) is 133 cm³/mol. The summed E-state index contributed by atoms with van der Waals surface area (Å²) in [5.74, 6) is 0. The molecule has 8 bridgehead atoms. The zero-order valence-electron chi connectivity index (χ0n) is 17.4. The second-order valence-corrected chi connectivity index (χ2v) is 7.77. The summed E-state index contributed by atoms with van der Waals surface area (Å²) < 4.78 is 0. The van der Waals surface area contributed by atoms with Gasteiger partial charge in [0.2, 0.25) is 0 Å². The van der Waals surface area contributed by atoms with Gasteiger partial charge in [-0.05, 0) is 84.5 Å². The molecule has 0 radical (unpaired) electrons. The molecule has 32 heavy (non-hydrogen) atoms. The number of hydrogen-bond acceptors (Lipinski definition) is 5. The molecule has 5 heteroatoms. The largest absolute Gasteiger partial charge is 0.388 e. The summed E-state index contributed by atoms with van der Waals surface area (Å²) in [4.78, 5) is 19.0. The number of allylic oxidation sites excluding steroid dienone is 12. The van der Waals surface area contributed by atoms with Crippen molar-refractivity contribution in [2.24, 2.45) is 20.0 Å². The highest BCUT2D eigenvalue weighted by Crippen LogP contribution is 2.32. The van der Waals surface area contributed by atoms with Gasteiger partial charge in [0.15, 0.2) is 0 Å². The maximum absolute atomic E-state index is 4.91. The fourth-order valence-corrected chi connectivity index (χ4v) is 3.97. The van der Waals surface area contributed by atoms with Crippen LogP contribution in [0, 0.1) is 0 Å². The van der Waals surface area contributed by atoms with E-state index in [1.807, 2.05) is 79.9 Å². The molecule has 0 amide bonds. The van der Waals surface area contributed by atoms with Crippen molar-refractivity contribution in [1.82, 2.24) is 0 Å². The lowest BCUT2D eigenvalue weighted by atomic mass is 10.0. The van der Waals surface area contributed by atoms with Crippen LogP contribution in [0.1, 0.15) is 5.56 Å². The fourth-order valence-electron chi connectivity index (χ4n) is 3.97. The first kappa shape index (κ1) is 18.4. The Morgan fingerprint density at radius 1 is 0.594 bits per heavy atom. The lowest BCUT2D eigenvalue weighted by Crippen LogP contribution is -1.92. The Bertz CT molecular complexity index is 1430. The number of anilines is 1. The molecule has 6 rings (SSSR count). The predicted octanol–water partition coefficient (Wildman–Crippen LogP) is 5.15. The van der Waals surface area contributed by atoms with E-state index in [-0.39, 0.29) is 0 Å². The Hall–Kier alpha value is -4.38. The van der Waals surface area contributed by atoms with Crippen LogP contribution in [0.25, 0.3) is 5.57 Å². The maximum atomic E-state index is 4.91. The third-order valence-electron chi connectivity index (χ3n) is 5.50. The summed E-state index contributed by atoms with van der Waals surface area (Å²) >= 11 is 0. The van der Waals surface area contributed by atoms with E-state index in [1.165, 1.54) is 0 Å². The van der Waals surface area contributed by atoms with Crippen LogP contribution in [0.4, 0.5) is 5.69 Å². The highest BCUT2D eigenvalue weighted by atomic mass is 14.8. The average Bonchev–Trinajstić information content (AvgIpc) is 3.59. The van der Waals surface area contributed by atoms with Crippen molar-refractivity contribution in [1.29, 1.82) is 0 Å². The second kappa shape index (κ2) is 7.39. The van der Waals surface area contributed by atoms with Gasteiger partial charge in [0.25, 0.3) is 0 Å². The number of benzene rings is 1. The molecule has 0 aromatic heterocycles. The number of hydrogen-bond donors (Lipinski definition) is 1. The minimum Gasteiger partial charge on any atom is -0.388 e. The molecule has 1 aromatic carbocycles. The van der Waals surface area contributed by atoms with Crippen molar-refractivity contribution in [3.05, 3.63) is 119 Å². The van der Waals surface area contributed by atoms with E-state index in [0.29, 0.717) is 0 Å². The summed E-state index contributed by atoms with van der Waals surface area (Å²) in [5, 5.41) is 3.21. The first-order valence-corrected chi connectivity index (χ1v) is 10.5. The van der Waals surface area contributed by atoms with E-state index in [9.17, 15) is 0 Å². The Kier molecular flexibility index (Phi) is 4.25. The lowest BCUT2D eigenvalue weighted by Gasteiger charge is -2.07. The first-order valence-electron chi connectivity index (χ1n) is 10.5. The van der Waals surface area contributed by atoms with Crippen molar-refractivity contribution >= 4 is 34.1 Å². The number of aliphatic imine (C=N–C) groups is 4. The molecule has 0 unspecified atom stereocenters. The summed E-state index contributed by atoms with van der Waals surface area (Å²) in [5.41, 5.74) is 10.2. The van der Waals surface area contributed by atoms with Crippen molar-refractivity contribution < 1.29 is 0 Å². The van der Waals surface area contributed by atoms with Crippen molar-refractivity contribution in [2.45, 2.75) is 0 Å². The van der Waals surface area contributed by atoms with Gasteiger partial charge in [0.05, 0.1) is 45.6 Å².